The molecule has 0 aliphatic carbocycles. The Balaban J connectivity index is 2.00. The summed E-state index contributed by atoms with van der Waals surface area (Å²) >= 11 is 0. The number of aliphatic carboxylic acids is 1. The van der Waals surface area contributed by atoms with Crippen LogP contribution in [-0.4, -0.2) is 35.0 Å². The Morgan fingerprint density at radius 1 is 1.31 bits per heavy atom. The van der Waals surface area contributed by atoms with Gasteiger partial charge in [-0.25, -0.2) is 0 Å². The van der Waals surface area contributed by atoms with Gasteiger partial charge in [-0.3, -0.25) is 9.59 Å². The van der Waals surface area contributed by atoms with Crippen LogP contribution in [0.3, 0.4) is 0 Å². The van der Waals surface area contributed by atoms with Gasteiger partial charge in [0.05, 0.1) is 5.56 Å². The Morgan fingerprint density at radius 2 is 2.00 bits per heavy atom. The second-order valence-electron chi connectivity index (χ2n) is 6.97. The van der Waals surface area contributed by atoms with Crippen LogP contribution in [0.2, 0.25) is 0 Å². The molecular formula is C19H24F3NO3. The average molecular weight is 371 g/mol. The second kappa shape index (κ2) is 8.56. The van der Waals surface area contributed by atoms with Crippen LogP contribution in [0.1, 0.15) is 56.1 Å². The molecule has 0 radical (unpaired) electrons. The lowest BCUT2D eigenvalue weighted by molar-refractivity contribution is -0.139. The summed E-state index contributed by atoms with van der Waals surface area (Å²) in [4.78, 5) is 24.9. The van der Waals surface area contributed by atoms with Gasteiger partial charge in [0, 0.05) is 25.9 Å². The molecular weight excluding hydrogens is 347 g/mol. The van der Waals surface area contributed by atoms with Gasteiger partial charge in [-0.1, -0.05) is 25.1 Å². The molecule has 0 spiro atoms. The van der Waals surface area contributed by atoms with Crippen LogP contribution < -0.4 is 0 Å². The number of nitrogens with zero attached hydrogens (tertiary/aromatic N) is 1. The molecule has 1 amide bonds. The highest BCUT2D eigenvalue weighted by Gasteiger charge is 2.35. The second-order valence-corrected chi connectivity index (χ2v) is 6.97. The van der Waals surface area contributed by atoms with E-state index < -0.39 is 23.6 Å². The third kappa shape index (κ3) is 5.47. The lowest BCUT2D eigenvalue weighted by atomic mass is 9.90. The van der Waals surface area contributed by atoms with Crippen molar-refractivity contribution >= 4 is 11.9 Å². The van der Waals surface area contributed by atoms with Crippen molar-refractivity contribution in [1.82, 2.24) is 4.90 Å². The summed E-state index contributed by atoms with van der Waals surface area (Å²) in [6.45, 7) is 2.70. The molecule has 1 saturated heterocycles. The van der Waals surface area contributed by atoms with E-state index in [-0.39, 0.29) is 30.2 Å². The number of carbonyl (C=O) groups is 2. The third-order valence-corrected chi connectivity index (χ3v) is 4.92. The van der Waals surface area contributed by atoms with Crippen molar-refractivity contribution in [2.45, 2.75) is 51.1 Å². The number of halogens is 3. The molecule has 0 aromatic heterocycles. The van der Waals surface area contributed by atoms with Crippen molar-refractivity contribution in [3.63, 3.8) is 0 Å². The molecule has 4 nitrogen and oxygen atoms in total. The van der Waals surface area contributed by atoms with Gasteiger partial charge in [0.1, 0.15) is 0 Å². The Labute approximate surface area is 151 Å². The number of carboxylic acids is 1. The van der Waals surface area contributed by atoms with E-state index in [1.54, 1.807) is 17.9 Å². The molecule has 0 saturated carbocycles. The van der Waals surface area contributed by atoms with Gasteiger partial charge < -0.3 is 10.0 Å². The molecule has 2 atom stereocenters. The molecule has 0 bridgehead atoms. The first-order valence-corrected chi connectivity index (χ1v) is 8.84. The number of carbonyl (C=O) groups excluding carboxylic acids is 1. The Kier molecular flexibility index (Phi) is 6.67. The van der Waals surface area contributed by atoms with Crippen LogP contribution in [0.5, 0.6) is 0 Å². The van der Waals surface area contributed by atoms with E-state index in [0.717, 1.165) is 18.9 Å². The maximum atomic E-state index is 13.2. The summed E-state index contributed by atoms with van der Waals surface area (Å²) in [6.07, 6.45) is -2.17. The quantitative estimate of drug-likeness (QED) is 0.811. The largest absolute Gasteiger partial charge is 0.481 e. The summed E-state index contributed by atoms with van der Waals surface area (Å²) in [5.41, 5.74) is -0.564. The number of hydrogen-bond acceptors (Lipinski definition) is 2. The lowest BCUT2D eigenvalue weighted by Crippen LogP contribution is -2.40. The SMILES string of the molecule is C[C@@H](CC(=O)N1CCC[C@H](CCC(=O)O)C1)c1ccccc1C(F)(F)F. The lowest BCUT2D eigenvalue weighted by Gasteiger charge is -2.33. The van der Waals surface area contributed by atoms with Crippen molar-refractivity contribution in [2.24, 2.45) is 5.92 Å². The summed E-state index contributed by atoms with van der Waals surface area (Å²) in [6, 6.07) is 5.36. The highest BCUT2D eigenvalue weighted by Crippen LogP contribution is 2.36. The van der Waals surface area contributed by atoms with Gasteiger partial charge in [0.2, 0.25) is 5.91 Å². The molecule has 7 heteroatoms. The van der Waals surface area contributed by atoms with Crippen molar-refractivity contribution in [2.75, 3.05) is 13.1 Å². The van der Waals surface area contributed by atoms with Gasteiger partial charge >= 0.3 is 12.1 Å². The Morgan fingerprint density at radius 3 is 2.65 bits per heavy atom. The van der Waals surface area contributed by atoms with E-state index in [2.05, 4.69) is 0 Å². The normalized spacial score (nSPS) is 19.2. The van der Waals surface area contributed by atoms with E-state index in [1.165, 1.54) is 12.1 Å². The van der Waals surface area contributed by atoms with E-state index in [4.69, 9.17) is 5.11 Å². The number of amides is 1. The average Bonchev–Trinajstić information content (AvgIpc) is 2.59. The molecule has 1 aromatic rings. The van der Waals surface area contributed by atoms with Gasteiger partial charge in [-0.15, -0.1) is 0 Å². The Hall–Kier alpha value is -2.05. The molecule has 1 N–H and O–H groups in total. The number of piperidine rings is 1. The molecule has 26 heavy (non-hydrogen) atoms. The van der Waals surface area contributed by atoms with E-state index in [0.29, 0.717) is 19.5 Å². The Bertz CT molecular complexity index is 645. The maximum absolute atomic E-state index is 13.2. The molecule has 1 aliphatic rings. The van der Waals surface area contributed by atoms with Crippen LogP contribution in [0.25, 0.3) is 0 Å². The summed E-state index contributed by atoms with van der Waals surface area (Å²) in [7, 11) is 0. The highest BCUT2D eigenvalue weighted by molar-refractivity contribution is 5.77. The zero-order valence-electron chi connectivity index (χ0n) is 14.8. The molecule has 2 rings (SSSR count). The molecule has 1 heterocycles. The molecule has 144 valence electrons. The summed E-state index contributed by atoms with van der Waals surface area (Å²) in [5, 5.41) is 8.78. The minimum Gasteiger partial charge on any atom is -0.481 e. The number of carboxylic acid groups (broad SMARTS) is 1. The van der Waals surface area contributed by atoms with Gasteiger partial charge in [-0.05, 0) is 42.7 Å². The van der Waals surface area contributed by atoms with E-state index in [1.807, 2.05) is 0 Å². The highest BCUT2D eigenvalue weighted by atomic mass is 19.4. The predicted molar refractivity (Wildman–Crippen MR) is 90.6 cm³/mol. The summed E-state index contributed by atoms with van der Waals surface area (Å²) in [5.74, 6) is -1.43. The van der Waals surface area contributed by atoms with Crippen molar-refractivity contribution in [3.05, 3.63) is 35.4 Å². The van der Waals surface area contributed by atoms with Crippen LogP contribution in [-0.2, 0) is 15.8 Å². The van der Waals surface area contributed by atoms with Gasteiger partial charge in [-0.2, -0.15) is 13.2 Å². The van der Waals surface area contributed by atoms with Crippen LogP contribution >= 0.6 is 0 Å². The van der Waals surface area contributed by atoms with Gasteiger partial charge in [0.15, 0.2) is 0 Å². The fourth-order valence-corrected chi connectivity index (χ4v) is 3.54. The van der Waals surface area contributed by atoms with E-state index in [9.17, 15) is 22.8 Å². The standard InChI is InChI=1S/C19H24F3NO3/c1-13(15-6-2-3-7-16(15)19(20,21)22)11-17(24)23-10-4-5-14(12-23)8-9-18(25)26/h2-3,6-7,13-14H,4-5,8-12H2,1H3,(H,25,26)/t13-,14+/m0/s1. The van der Waals surface area contributed by atoms with Crippen LogP contribution in [0.15, 0.2) is 24.3 Å². The monoisotopic (exact) mass is 371 g/mol. The van der Waals surface area contributed by atoms with Crippen LogP contribution in [0, 0.1) is 5.92 Å². The smallest absolute Gasteiger partial charge is 0.416 e. The van der Waals surface area contributed by atoms with Crippen molar-refractivity contribution in [1.29, 1.82) is 0 Å². The zero-order chi connectivity index (χ0) is 19.3. The number of alkyl halides is 3. The van der Waals surface area contributed by atoms with E-state index >= 15 is 0 Å². The minimum absolute atomic E-state index is 0.0126. The fourth-order valence-electron chi connectivity index (χ4n) is 3.54. The van der Waals surface area contributed by atoms with Gasteiger partial charge in [0.25, 0.3) is 0 Å². The van der Waals surface area contributed by atoms with Crippen molar-refractivity contribution in [3.8, 4) is 0 Å². The fraction of sp³-hybridized carbons (Fsp3) is 0.579. The maximum Gasteiger partial charge on any atom is 0.416 e. The number of benzene rings is 1. The molecule has 1 fully saturated rings. The third-order valence-electron chi connectivity index (χ3n) is 4.92. The first kappa shape index (κ1) is 20.3. The number of rotatable bonds is 6. The summed E-state index contributed by atoms with van der Waals surface area (Å²) < 4.78 is 39.5. The number of hydrogen-bond donors (Lipinski definition) is 1. The number of likely N-dealkylation sites (tertiary alicyclic amines) is 1. The first-order chi connectivity index (χ1) is 12.2. The zero-order valence-corrected chi connectivity index (χ0v) is 14.8. The first-order valence-electron chi connectivity index (χ1n) is 8.84. The van der Waals surface area contributed by atoms with Crippen molar-refractivity contribution < 1.29 is 27.9 Å². The molecule has 0 unspecified atom stereocenters. The predicted octanol–water partition coefficient (Wildman–Crippen LogP) is 4.30. The topological polar surface area (TPSA) is 57.6 Å². The molecule has 1 aromatic carbocycles. The van der Waals surface area contributed by atoms with Crippen LogP contribution in [0.4, 0.5) is 13.2 Å². The molecule has 1 aliphatic heterocycles. The minimum atomic E-state index is -4.44.